The van der Waals surface area contributed by atoms with Crippen LogP contribution >= 0.6 is 23.2 Å². The molecule has 0 aliphatic carbocycles. The first-order chi connectivity index (χ1) is 12.1. The molecule has 1 fully saturated rings. The van der Waals surface area contributed by atoms with Crippen LogP contribution in [-0.4, -0.2) is 35.6 Å². The van der Waals surface area contributed by atoms with Gasteiger partial charge < -0.3 is 15.8 Å². The molecule has 2 aromatic rings. The van der Waals surface area contributed by atoms with Crippen LogP contribution in [0.5, 0.6) is 0 Å². The second-order valence-electron chi connectivity index (χ2n) is 5.81. The summed E-state index contributed by atoms with van der Waals surface area (Å²) in [5, 5.41) is 3.76. The number of carbonyl (C=O) groups excluding carboxylic acids is 1. The van der Waals surface area contributed by atoms with Gasteiger partial charge in [0.1, 0.15) is 5.15 Å². The van der Waals surface area contributed by atoms with Crippen LogP contribution in [0.3, 0.4) is 0 Å². The van der Waals surface area contributed by atoms with Gasteiger partial charge in [0.25, 0.3) is 5.91 Å². The Balaban J connectivity index is 1.97. The van der Waals surface area contributed by atoms with Gasteiger partial charge in [0.05, 0.1) is 28.7 Å². The number of rotatable bonds is 5. The third-order valence-electron chi connectivity index (χ3n) is 4.19. The highest BCUT2D eigenvalue weighted by Gasteiger charge is 2.22. The van der Waals surface area contributed by atoms with Crippen LogP contribution in [-0.2, 0) is 4.74 Å². The molecule has 6 nitrogen and oxygen atoms in total. The third-order valence-corrected chi connectivity index (χ3v) is 4.78. The first-order valence-electron chi connectivity index (χ1n) is 7.89. The van der Waals surface area contributed by atoms with E-state index in [2.05, 4.69) is 21.5 Å². The van der Waals surface area contributed by atoms with E-state index in [1.54, 1.807) is 6.07 Å². The first-order valence-corrected chi connectivity index (χ1v) is 8.65. The average Bonchev–Trinajstić information content (AvgIpc) is 2.62. The largest absolute Gasteiger partial charge is 0.383 e. The molecule has 0 unspecified atom stereocenters. The van der Waals surface area contributed by atoms with Gasteiger partial charge in [0.15, 0.2) is 0 Å². The molecule has 0 spiro atoms. The number of carbonyl (C=O) groups is 1. The van der Waals surface area contributed by atoms with Crippen molar-refractivity contribution >= 4 is 34.8 Å². The number of amides is 1. The molecular formula is C17H17Cl2N4O2. The van der Waals surface area contributed by atoms with Crippen molar-refractivity contribution in [3.63, 3.8) is 0 Å². The minimum atomic E-state index is -0.610. The smallest absolute Gasteiger partial charge is 0.251 e. The zero-order chi connectivity index (χ0) is 17.8. The Morgan fingerprint density at radius 3 is 2.80 bits per heavy atom. The summed E-state index contributed by atoms with van der Waals surface area (Å²) in [6.07, 6.45) is 7.58. The number of primary amides is 1. The van der Waals surface area contributed by atoms with Crippen LogP contribution in [0.1, 0.15) is 23.2 Å². The van der Waals surface area contributed by atoms with Crippen molar-refractivity contribution in [2.45, 2.75) is 12.8 Å². The number of pyridine rings is 2. The van der Waals surface area contributed by atoms with Crippen LogP contribution < -0.4 is 11.1 Å². The SMILES string of the molecule is NC(=O)c1c(NCC2CCOCC2)cnc(Cl)c1-c1c[c]ncc1Cl. The number of nitrogens with one attached hydrogen (secondary N) is 1. The summed E-state index contributed by atoms with van der Waals surface area (Å²) in [5.41, 5.74) is 7.31. The van der Waals surface area contributed by atoms with E-state index in [1.807, 2.05) is 0 Å². The van der Waals surface area contributed by atoms with Crippen LogP contribution in [0.25, 0.3) is 11.1 Å². The van der Waals surface area contributed by atoms with Gasteiger partial charge in [-0.1, -0.05) is 23.2 Å². The predicted molar refractivity (Wildman–Crippen MR) is 96.9 cm³/mol. The summed E-state index contributed by atoms with van der Waals surface area (Å²) >= 11 is 12.4. The Morgan fingerprint density at radius 2 is 2.12 bits per heavy atom. The Morgan fingerprint density at radius 1 is 1.36 bits per heavy atom. The molecule has 0 atom stereocenters. The number of nitrogens with two attached hydrogens (primary N) is 1. The molecule has 25 heavy (non-hydrogen) atoms. The molecule has 3 N–H and O–H groups in total. The lowest BCUT2D eigenvalue weighted by Gasteiger charge is -2.23. The quantitative estimate of drug-likeness (QED) is 0.778. The van der Waals surface area contributed by atoms with Crippen molar-refractivity contribution in [2.24, 2.45) is 11.7 Å². The molecule has 8 heteroatoms. The second-order valence-corrected chi connectivity index (χ2v) is 6.57. The molecule has 1 aliphatic rings. The normalized spacial score (nSPS) is 15.1. The van der Waals surface area contributed by atoms with E-state index in [0.717, 1.165) is 26.1 Å². The van der Waals surface area contributed by atoms with Crippen molar-refractivity contribution in [1.82, 2.24) is 9.97 Å². The third kappa shape index (κ3) is 4.03. The van der Waals surface area contributed by atoms with E-state index in [9.17, 15) is 4.79 Å². The monoisotopic (exact) mass is 379 g/mol. The van der Waals surface area contributed by atoms with Gasteiger partial charge in [-0.05, 0) is 24.8 Å². The van der Waals surface area contributed by atoms with E-state index in [4.69, 9.17) is 33.7 Å². The zero-order valence-electron chi connectivity index (χ0n) is 13.4. The van der Waals surface area contributed by atoms with Gasteiger partial charge in [-0.2, -0.15) is 0 Å². The lowest BCUT2D eigenvalue weighted by molar-refractivity contribution is 0.0699. The number of nitrogens with zero attached hydrogens (tertiary/aromatic N) is 2. The molecule has 2 aromatic heterocycles. The Bertz CT molecular complexity index is 779. The number of ether oxygens (including phenoxy) is 1. The molecule has 3 rings (SSSR count). The fourth-order valence-electron chi connectivity index (χ4n) is 2.85. The molecule has 0 aromatic carbocycles. The van der Waals surface area contributed by atoms with Crippen molar-refractivity contribution < 1.29 is 9.53 Å². The van der Waals surface area contributed by atoms with Crippen LogP contribution in [0, 0.1) is 12.1 Å². The standard InChI is InChI=1S/C17H17Cl2N4O2/c18-12-8-21-4-1-11(12)14-15(17(20)24)13(9-23-16(14)19)22-7-10-2-5-25-6-3-10/h1,8-10,22H,2-3,5-7H2,(H2,20,24). The summed E-state index contributed by atoms with van der Waals surface area (Å²) in [5.74, 6) is -0.145. The van der Waals surface area contributed by atoms with Gasteiger partial charge in [0, 0.05) is 37.1 Å². The summed E-state index contributed by atoms with van der Waals surface area (Å²) in [7, 11) is 0. The van der Waals surface area contributed by atoms with Gasteiger partial charge in [-0.3, -0.25) is 9.78 Å². The summed E-state index contributed by atoms with van der Waals surface area (Å²) < 4.78 is 5.36. The van der Waals surface area contributed by atoms with Crippen LogP contribution in [0.15, 0.2) is 18.5 Å². The number of anilines is 1. The fourth-order valence-corrected chi connectivity index (χ4v) is 3.30. The highest BCUT2D eigenvalue weighted by Crippen LogP contribution is 2.37. The topological polar surface area (TPSA) is 90.1 Å². The molecule has 0 bridgehead atoms. The van der Waals surface area contributed by atoms with E-state index in [1.165, 1.54) is 12.4 Å². The molecule has 1 radical (unpaired) electrons. The molecule has 1 saturated heterocycles. The summed E-state index contributed by atoms with van der Waals surface area (Å²) in [4.78, 5) is 20.1. The maximum Gasteiger partial charge on any atom is 0.251 e. The maximum atomic E-state index is 12.1. The van der Waals surface area contributed by atoms with Crippen LogP contribution in [0.4, 0.5) is 5.69 Å². The number of halogens is 2. The second kappa shape index (κ2) is 7.99. The highest BCUT2D eigenvalue weighted by molar-refractivity contribution is 6.36. The van der Waals surface area contributed by atoms with Crippen molar-refractivity contribution in [3.8, 4) is 11.1 Å². The first kappa shape index (κ1) is 17.9. The molecule has 131 valence electrons. The minimum Gasteiger partial charge on any atom is -0.383 e. The Kier molecular flexibility index (Phi) is 5.73. The summed E-state index contributed by atoms with van der Waals surface area (Å²) in [6.45, 7) is 2.20. The van der Waals surface area contributed by atoms with Crippen molar-refractivity contribution in [2.75, 3.05) is 25.1 Å². The van der Waals surface area contributed by atoms with E-state index in [-0.39, 0.29) is 10.7 Å². The van der Waals surface area contributed by atoms with E-state index in [0.29, 0.717) is 34.3 Å². The Labute approximate surface area is 155 Å². The van der Waals surface area contributed by atoms with Crippen molar-refractivity contribution in [3.05, 3.63) is 40.4 Å². The minimum absolute atomic E-state index is 0.145. The Hall–Kier alpha value is -1.89. The highest BCUT2D eigenvalue weighted by atomic mass is 35.5. The maximum absolute atomic E-state index is 12.1. The van der Waals surface area contributed by atoms with Gasteiger partial charge in [-0.15, -0.1) is 0 Å². The fraction of sp³-hybridized carbons (Fsp3) is 0.353. The number of aromatic nitrogens is 2. The molecule has 1 aliphatic heterocycles. The van der Waals surface area contributed by atoms with Gasteiger partial charge in [-0.25, -0.2) is 4.98 Å². The zero-order valence-corrected chi connectivity index (χ0v) is 14.9. The molecular weight excluding hydrogens is 363 g/mol. The molecule has 3 heterocycles. The number of hydrogen-bond donors (Lipinski definition) is 2. The lowest BCUT2D eigenvalue weighted by atomic mass is 9.98. The van der Waals surface area contributed by atoms with E-state index >= 15 is 0 Å². The van der Waals surface area contributed by atoms with E-state index < -0.39 is 5.91 Å². The molecule has 0 saturated carbocycles. The summed E-state index contributed by atoms with van der Waals surface area (Å²) in [6, 6.07) is 1.56. The lowest BCUT2D eigenvalue weighted by Crippen LogP contribution is -2.24. The molecule has 1 amide bonds. The number of hydrogen-bond acceptors (Lipinski definition) is 5. The van der Waals surface area contributed by atoms with Gasteiger partial charge >= 0.3 is 0 Å². The average molecular weight is 380 g/mol. The van der Waals surface area contributed by atoms with Crippen molar-refractivity contribution in [1.29, 1.82) is 0 Å². The predicted octanol–water partition coefficient (Wildman–Crippen LogP) is 3.19. The van der Waals surface area contributed by atoms with Crippen LogP contribution in [0.2, 0.25) is 10.2 Å². The van der Waals surface area contributed by atoms with Gasteiger partial charge in [0.2, 0.25) is 0 Å².